The Kier molecular flexibility index (Phi) is 11.5. The molecule has 0 aliphatic heterocycles. The van der Waals surface area contributed by atoms with Crippen LogP contribution in [0.2, 0.25) is 0 Å². The van der Waals surface area contributed by atoms with Crippen LogP contribution in [0.5, 0.6) is 0 Å². The molecule has 0 amide bonds. The average Bonchev–Trinajstić information content (AvgIpc) is 2.88. The highest BCUT2D eigenvalue weighted by Crippen LogP contribution is 2.69. The van der Waals surface area contributed by atoms with E-state index < -0.39 is 102 Å². The molecule has 0 aromatic carbocycles. The zero-order valence-corrected chi connectivity index (χ0v) is 21.7. The van der Waals surface area contributed by atoms with Crippen molar-refractivity contribution in [1.29, 1.82) is 0 Å². The Labute approximate surface area is 249 Å². The van der Waals surface area contributed by atoms with Crippen LogP contribution in [-0.2, 0) is 9.53 Å². The van der Waals surface area contributed by atoms with Crippen LogP contribution < -0.4 is 0 Å². The van der Waals surface area contributed by atoms with E-state index in [0.29, 0.717) is 0 Å². The second-order valence-electron chi connectivity index (χ2n) is 9.16. The number of aliphatic hydroxyl groups excluding tert-OH is 1. The van der Waals surface area contributed by atoms with E-state index >= 15 is 0 Å². The maximum Gasteiger partial charge on any atom is 0.438 e. The molecule has 0 bridgehead atoms. The number of rotatable bonds is 15. The molecule has 292 valence electrons. The summed E-state index contributed by atoms with van der Waals surface area (Å²) in [7, 11) is 0. The molecule has 0 aromatic heterocycles. The molecular formula is C19H9F27O3. The van der Waals surface area contributed by atoms with Gasteiger partial charge >= 0.3 is 83.2 Å². The maximum absolute atomic E-state index is 13.9. The van der Waals surface area contributed by atoms with Gasteiger partial charge in [-0.2, -0.15) is 114 Å². The summed E-state index contributed by atoms with van der Waals surface area (Å²) in [4.78, 5) is 10.7. The summed E-state index contributed by atoms with van der Waals surface area (Å²) in [5.41, 5.74) is -9.25. The van der Waals surface area contributed by atoms with E-state index in [0.717, 1.165) is 0 Å². The van der Waals surface area contributed by atoms with Gasteiger partial charge in [0.25, 0.3) is 0 Å². The fourth-order valence-corrected chi connectivity index (χ4v) is 3.05. The molecule has 1 N–H and O–H groups in total. The summed E-state index contributed by atoms with van der Waals surface area (Å²) in [6, 6.07) is 0. The van der Waals surface area contributed by atoms with Crippen LogP contribution in [0.3, 0.4) is 0 Å². The van der Waals surface area contributed by atoms with Crippen molar-refractivity contribution in [3.8, 4) is 0 Å². The lowest BCUT2D eigenvalue weighted by molar-refractivity contribution is -0.487. The first kappa shape index (κ1) is 46.3. The molecule has 0 rings (SSSR count). The SMILES string of the molecule is C=CC(=O)OC(O)CCC(F)(F)C(F)(F)C(F)(F)C(F)(F)C(F)(F)C(F)(F)C(F)(F)C(F)(F)C(F)(F)C(F)(F)C(F)(C(F)(F)F)C(F)(F)F. The highest BCUT2D eigenvalue weighted by atomic mass is 19.4. The van der Waals surface area contributed by atoms with Crippen LogP contribution in [0.15, 0.2) is 12.7 Å². The molecular weight excluding hydrogens is 789 g/mol. The normalized spacial score (nSPS) is 16.8. The lowest BCUT2D eigenvalue weighted by atomic mass is 9.81. The third-order valence-electron chi connectivity index (χ3n) is 5.95. The number of aliphatic hydroxyl groups is 1. The molecule has 0 radical (unpaired) electrons. The highest BCUT2D eigenvalue weighted by molar-refractivity contribution is 5.81. The summed E-state index contributed by atoms with van der Waals surface area (Å²) >= 11 is 0. The summed E-state index contributed by atoms with van der Waals surface area (Å²) in [6.45, 7) is 2.60. The Balaban J connectivity index is 7.31. The van der Waals surface area contributed by atoms with Gasteiger partial charge in [-0.15, -0.1) is 0 Å². The van der Waals surface area contributed by atoms with Crippen molar-refractivity contribution < 1.29 is 133 Å². The monoisotopic (exact) mass is 798 g/mol. The van der Waals surface area contributed by atoms with Crippen molar-refractivity contribution in [3.63, 3.8) is 0 Å². The van der Waals surface area contributed by atoms with Crippen LogP contribution in [0.1, 0.15) is 12.8 Å². The number of esters is 1. The highest BCUT2D eigenvalue weighted by Gasteiger charge is 3.01. The molecule has 0 saturated heterocycles. The van der Waals surface area contributed by atoms with Crippen molar-refractivity contribution >= 4 is 5.97 Å². The molecule has 0 spiro atoms. The van der Waals surface area contributed by atoms with E-state index in [-0.39, 0.29) is 6.08 Å². The van der Waals surface area contributed by atoms with Gasteiger partial charge in [-0.1, -0.05) is 6.58 Å². The Bertz CT molecular complexity index is 1200. The van der Waals surface area contributed by atoms with E-state index in [1.54, 1.807) is 0 Å². The first-order valence-electron chi connectivity index (χ1n) is 11.0. The summed E-state index contributed by atoms with van der Waals surface area (Å²) < 4.78 is 367. The van der Waals surface area contributed by atoms with Gasteiger partial charge < -0.3 is 9.84 Å². The Morgan fingerprint density at radius 2 is 0.735 bits per heavy atom. The quantitative estimate of drug-likeness (QED) is 0.0780. The zero-order valence-electron chi connectivity index (χ0n) is 21.7. The van der Waals surface area contributed by atoms with Gasteiger partial charge in [0, 0.05) is 18.9 Å². The van der Waals surface area contributed by atoms with E-state index in [2.05, 4.69) is 11.3 Å². The first-order chi connectivity index (χ1) is 20.8. The van der Waals surface area contributed by atoms with Crippen molar-refractivity contribution in [2.45, 2.75) is 96.4 Å². The van der Waals surface area contributed by atoms with Gasteiger partial charge in [0.15, 0.2) is 0 Å². The number of halogens is 27. The van der Waals surface area contributed by atoms with Crippen molar-refractivity contribution in [1.82, 2.24) is 0 Å². The van der Waals surface area contributed by atoms with Crippen LogP contribution in [0.4, 0.5) is 119 Å². The molecule has 0 aromatic rings. The largest absolute Gasteiger partial charge is 0.438 e. The minimum absolute atomic E-state index is 0.0733. The zero-order chi connectivity index (χ0) is 40.5. The second-order valence-corrected chi connectivity index (χ2v) is 9.16. The molecule has 0 saturated carbocycles. The van der Waals surface area contributed by atoms with Gasteiger partial charge in [0.05, 0.1) is 0 Å². The molecule has 3 nitrogen and oxygen atoms in total. The van der Waals surface area contributed by atoms with Gasteiger partial charge in [-0.25, -0.2) is 9.18 Å². The fraction of sp³-hybridized carbons (Fsp3) is 0.842. The molecule has 0 aliphatic rings. The van der Waals surface area contributed by atoms with Crippen LogP contribution in [0, 0.1) is 0 Å². The van der Waals surface area contributed by atoms with Gasteiger partial charge in [-0.05, 0) is 0 Å². The molecule has 0 aliphatic carbocycles. The molecule has 1 unspecified atom stereocenters. The minimum Gasteiger partial charge on any atom is -0.433 e. The Morgan fingerprint density at radius 3 is 0.980 bits per heavy atom. The van der Waals surface area contributed by atoms with E-state index in [9.17, 15) is 123 Å². The number of ether oxygens (including phenoxy) is 1. The average molecular weight is 798 g/mol. The maximum atomic E-state index is 13.9. The van der Waals surface area contributed by atoms with E-state index in [1.807, 2.05) is 0 Å². The van der Waals surface area contributed by atoms with Crippen molar-refractivity contribution in [2.24, 2.45) is 0 Å². The topological polar surface area (TPSA) is 46.5 Å². The predicted octanol–water partition coefficient (Wildman–Crippen LogP) is 9.00. The predicted molar refractivity (Wildman–Crippen MR) is 96.9 cm³/mol. The van der Waals surface area contributed by atoms with E-state index in [1.165, 1.54) is 0 Å². The molecule has 30 heteroatoms. The van der Waals surface area contributed by atoms with Gasteiger partial charge in [-0.3, -0.25) is 0 Å². The van der Waals surface area contributed by atoms with Gasteiger partial charge in [0.1, 0.15) is 0 Å². The molecule has 1 atom stereocenters. The first-order valence-corrected chi connectivity index (χ1v) is 11.0. The third-order valence-corrected chi connectivity index (χ3v) is 5.95. The summed E-state index contributed by atoms with van der Waals surface area (Å²) in [5.74, 6) is -94.6. The van der Waals surface area contributed by atoms with Crippen LogP contribution in [0.25, 0.3) is 0 Å². The summed E-state index contributed by atoms with van der Waals surface area (Å²) in [5, 5.41) is 8.97. The van der Waals surface area contributed by atoms with Crippen LogP contribution >= 0.6 is 0 Å². The number of carbonyl (C=O) groups excluding carboxylic acids is 1. The standard InChI is InChI=1S/C19H9F27O3/c1-2-5(47)49-6(48)3-4-7(20,21)9(23,24)11(27,28)13(31,32)15(35,36)17(39,40)16(37,38)14(33,34)12(29,30)10(25,26)8(22,18(41,42)43)19(44,45)46/h2,6,48H,1,3-4H2. The summed E-state index contributed by atoms with van der Waals surface area (Å²) in [6.07, 6.45) is -26.1. The number of alkyl halides is 27. The third kappa shape index (κ3) is 6.17. The minimum atomic E-state index is -9.88. The number of carbonyl (C=O) groups is 1. The molecule has 0 heterocycles. The van der Waals surface area contributed by atoms with E-state index in [4.69, 9.17) is 5.11 Å². The van der Waals surface area contributed by atoms with Crippen molar-refractivity contribution in [3.05, 3.63) is 12.7 Å². The molecule has 49 heavy (non-hydrogen) atoms. The number of hydrogen-bond donors (Lipinski definition) is 1. The Hall–Kier alpha value is -2.72. The number of hydrogen-bond acceptors (Lipinski definition) is 3. The van der Waals surface area contributed by atoms with Crippen molar-refractivity contribution in [2.75, 3.05) is 0 Å². The van der Waals surface area contributed by atoms with Crippen LogP contribution in [-0.4, -0.2) is 94.6 Å². The fourth-order valence-electron chi connectivity index (χ4n) is 3.05. The second kappa shape index (κ2) is 12.2. The smallest absolute Gasteiger partial charge is 0.433 e. The molecule has 0 fully saturated rings. The van der Waals surface area contributed by atoms with Gasteiger partial charge in [0.2, 0.25) is 6.29 Å². The lowest BCUT2D eigenvalue weighted by Crippen LogP contribution is -2.79. The Morgan fingerprint density at radius 1 is 0.490 bits per heavy atom. The lowest BCUT2D eigenvalue weighted by Gasteiger charge is -2.46.